The van der Waals surface area contributed by atoms with E-state index in [1.807, 2.05) is 20.8 Å². The number of nitrogens with zero attached hydrogens (tertiary/aromatic N) is 1. The number of carbonyl (C=O) groups excluding carboxylic acids is 1. The molecule has 0 spiro atoms. The fraction of sp³-hybridized carbons (Fsp3) is 0.385. The van der Waals surface area contributed by atoms with Crippen molar-refractivity contribution in [2.75, 3.05) is 11.9 Å². The molecule has 0 unspecified atom stereocenters. The third-order valence-corrected chi connectivity index (χ3v) is 2.45. The van der Waals surface area contributed by atoms with Crippen LogP contribution in [0, 0.1) is 5.41 Å². The molecule has 0 aliphatic rings. The maximum Gasteiger partial charge on any atom is 0.335 e. The zero-order chi connectivity index (χ0) is 13.2. The molecule has 1 amide bonds. The Morgan fingerprint density at radius 3 is 1.94 bits per heavy atom. The molecule has 0 atom stereocenters. The molecule has 1 aromatic carbocycles. The number of benzene rings is 1. The molecule has 0 saturated heterocycles. The Hall–Kier alpha value is -1.84. The van der Waals surface area contributed by atoms with Crippen molar-refractivity contribution in [3.63, 3.8) is 0 Å². The first kappa shape index (κ1) is 13.2. The molecular formula is C13H17NO3. The minimum Gasteiger partial charge on any atom is -0.478 e. The quantitative estimate of drug-likeness (QED) is 0.856. The lowest BCUT2D eigenvalue weighted by atomic mass is 9.94. The van der Waals surface area contributed by atoms with Crippen LogP contribution in [0.2, 0.25) is 0 Å². The number of rotatable bonds is 2. The van der Waals surface area contributed by atoms with Crippen LogP contribution in [0.5, 0.6) is 0 Å². The summed E-state index contributed by atoms with van der Waals surface area (Å²) in [5, 5.41) is 8.77. The fourth-order valence-electron chi connectivity index (χ4n) is 1.45. The molecule has 0 saturated carbocycles. The van der Waals surface area contributed by atoms with Gasteiger partial charge in [0.25, 0.3) is 0 Å². The van der Waals surface area contributed by atoms with Gasteiger partial charge in [0.05, 0.1) is 5.56 Å². The molecule has 0 aliphatic heterocycles. The number of amides is 1. The third-order valence-electron chi connectivity index (χ3n) is 2.45. The highest BCUT2D eigenvalue weighted by atomic mass is 16.4. The van der Waals surface area contributed by atoms with Crippen molar-refractivity contribution in [2.45, 2.75) is 20.8 Å². The predicted molar refractivity (Wildman–Crippen MR) is 66.3 cm³/mol. The zero-order valence-corrected chi connectivity index (χ0v) is 10.5. The van der Waals surface area contributed by atoms with Crippen molar-refractivity contribution >= 4 is 17.6 Å². The fourth-order valence-corrected chi connectivity index (χ4v) is 1.45. The summed E-state index contributed by atoms with van der Waals surface area (Å²) in [6, 6.07) is 6.24. The summed E-state index contributed by atoms with van der Waals surface area (Å²) in [4.78, 5) is 24.2. The number of anilines is 1. The summed E-state index contributed by atoms with van der Waals surface area (Å²) in [5.74, 6) is -0.984. The Labute approximate surface area is 101 Å². The van der Waals surface area contributed by atoms with Crippen molar-refractivity contribution in [1.29, 1.82) is 0 Å². The summed E-state index contributed by atoms with van der Waals surface area (Å²) in [6.07, 6.45) is 0. The molecule has 1 N–H and O–H groups in total. The Balaban J connectivity index is 2.94. The molecule has 92 valence electrons. The summed E-state index contributed by atoms with van der Waals surface area (Å²) >= 11 is 0. The molecule has 0 aromatic heterocycles. The predicted octanol–water partition coefficient (Wildman–Crippen LogP) is 2.39. The molecule has 0 aliphatic carbocycles. The molecule has 0 bridgehead atoms. The molecule has 0 radical (unpaired) electrons. The summed E-state index contributed by atoms with van der Waals surface area (Å²) in [5.41, 5.74) is 0.445. The highest BCUT2D eigenvalue weighted by Gasteiger charge is 2.25. The molecule has 17 heavy (non-hydrogen) atoms. The van der Waals surface area contributed by atoms with Crippen molar-refractivity contribution in [1.82, 2.24) is 0 Å². The Kier molecular flexibility index (Phi) is 3.56. The first-order valence-corrected chi connectivity index (χ1v) is 5.35. The smallest absolute Gasteiger partial charge is 0.335 e. The van der Waals surface area contributed by atoms with Crippen LogP contribution in [0.1, 0.15) is 31.1 Å². The Bertz CT molecular complexity index is 429. The van der Waals surface area contributed by atoms with Gasteiger partial charge < -0.3 is 10.0 Å². The molecule has 1 rings (SSSR count). The SMILES string of the molecule is CN(C(=O)C(C)(C)C)c1ccc(C(=O)O)cc1. The van der Waals surface area contributed by atoms with E-state index in [1.54, 1.807) is 19.2 Å². The minimum atomic E-state index is -0.971. The van der Waals surface area contributed by atoms with E-state index in [-0.39, 0.29) is 11.5 Å². The van der Waals surface area contributed by atoms with Crippen LogP contribution in [-0.4, -0.2) is 24.0 Å². The van der Waals surface area contributed by atoms with Gasteiger partial charge in [-0.15, -0.1) is 0 Å². The number of carboxylic acids is 1. The Morgan fingerprint density at radius 1 is 1.12 bits per heavy atom. The standard InChI is InChI=1S/C13H17NO3/c1-13(2,3)12(17)14(4)10-7-5-9(6-8-10)11(15)16/h5-8H,1-4H3,(H,15,16). The van der Waals surface area contributed by atoms with Gasteiger partial charge in [0.1, 0.15) is 0 Å². The second-order valence-electron chi connectivity index (χ2n) is 4.97. The molecule has 0 heterocycles. The van der Waals surface area contributed by atoms with Crippen LogP contribution in [0.4, 0.5) is 5.69 Å². The number of carbonyl (C=O) groups is 2. The zero-order valence-electron chi connectivity index (χ0n) is 10.5. The minimum absolute atomic E-state index is 0.0134. The van der Waals surface area contributed by atoms with E-state index in [4.69, 9.17) is 5.11 Å². The average molecular weight is 235 g/mol. The van der Waals surface area contributed by atoms with Gasteiger partial charge in [-0.05, 0) is 24.3 Å². The summed E-state index contributed by atoms with van der Waals surface area (Å²) in [6.45, 7) is 5.53. The molecule has 4 heteroatoms. The number of aromatic carboxylic acids is 1. The number of hydrogen-bond donors (Lipinski definition) is 1. The van der Waals surface area contributed by atoms with Gasteiger partial charge in [-0.2, -0.15) is 0 Å². The lowest BCUT2D eigenvalue weighted by Crippen LogP contribution is -2.36. The topological polar surface area (TPSA) is 57.6 Å². The first-order chi connectivity index (χ1) is 7.73. The van der Waals surface area contributed by atoms with Crippen LogP contribution in [0.25, 0.3) is 0 Å². The maximum atomic E-state index is 12.0. The van der Waals surface area contributed by atoms with E-state index in [1.165, 1.54) is 17.0 Å². The van der Waals surface area contributed by atoms with Gasteiger partial charge >= 0.3 is 5.97 Å². The lowest BCUT2D eigenvalue weighted by Gasteiger charge is -2.26. The van der Waals surface area contributed by atoms with Gasteiger partial charge in [-0.3, -0.25) is 4.79 Å². The van der Waals surface area contributed by atoms with E-state index in [0.29, 0.717) is 5.69 Å². The molecule has 0 fully saturated rings. The van der Waals surface area contributed by atoms with E-state index in [0.717, 1.165) is 0 Å². The summed E-state index contributed by atoms with van der Waals surface area (Å²) < 4.78 is 0. The largest absolute Gasteiger partial charge is 0.478 e. The lowest BCUT2D eigenvalue weighted by molar-refractivity contribution is -0.125. The second kappa shape index (κ2) is 4.57. The maximum absolute atomic E-state index is 12.0. The van der Waals surface area contributed by atoms with Gasteiger partial charge in [0.15, 0.2) is 0 Å². The highest BCUT2D eigenvalue weighted by Crippen LogP contribution is 2.22. The normalized spacial score (nSPS) is 11.1. The van der Waals surface area contributed by atoms with E-state index >= 15 is 0 Å². The third kappa shape index (κ3) is 3.06. The molecule has 4 nitrogen and oxygen atoms in total. The number of carboxylic acid groups (broad SMARTS) is 1. The van der Waals surface area contributed by atoms with Gasteiger partial charge in [-0.1, -0.05) is 20.8 Å². The monoisotopic (exact) mass is 235 g/mol. The van der Waals surface area contributed by atoms with Gasteiger partial charge in [-0.25, -0.2) is 4.79 Å². The van der Waals surface area contributed by atoms with E-state index in [2.05, 4.69) is 0 Å². The van der Waals surface area contributed by atoms with Crippen LogP contribution >= 0.6 is 0 Å². The molecular weight excluding hydrogens is 218 g/mol. The molecule has 1 aromatic rings. The van der Waals surface area contributed by atoms with Crippen molar-refractivity contribution in [2.24, 2.45) is 5.41 Å². The first-order valence-electron chi connectivity index (χ1n) is 5.35. The number of hydrogen-bond acceptors (Lipinski definition) is 2. The van der Waals surface area contributed by atoms with Gasteiger partial charge in [0.2, 0.25) is 5.91 Å². The average Bonchev–Trinajstić information content (AvgIpc) is 2.26. The van der Waals surface area contributed by atoms with Crippen molar-refractivity contribution < 1.29 is 14.7 Å². The van der Waals surface area contributed by atoms with Gasteiger partial charge in [0, 0.05) is 18.2 Å². The van der Waals surface area contributed by atoms with E-state index < -0.39 is 11.4 Å². The van der Waals surface area contributed by atoms with Crippen molar-refractivity contribution in [3.05, 3.63) is 29.8 Å². The van der Waals surface area contributed by atoms with Crippen LogP contribution < -0.4 is 4.90 Å². The Morgan fingerprint density at radius 2 is 1.59 bits per heavy atom. The highest BCUT2D eigenvalue weighted by molar-refractivity contribution is 5.97. The van der Waals surface area contributed by atoms with Crippen LogP contribution in [0.15, 0.2) is 24.3 Å². The van der Waals surface area contributed by atoms with Crippen molar-refractivity contribution in [3.8, 4) is 0 Å². The van der Waals surface area contributed by atoms with Crippen LogP contribution in [-0.2, 0) is 4.79 Å². The second-order valence-corrected chi connectivity index (χ2v) is 4.97. The van der Waals surface area contributed by atoms with E-state index in [9.17, 15) is 9.59 Å². The summed E-state index contributed by atoms with van der Waals surface area (Å²) in [7, 11) is 1.68. The van der Waals surface area contributed by atoms with Crippen LogP contribution in [0.3, 0.4) is 0 Å².